The number of nitrogens with one attached hydrogen (secondary N) is 4. The summed E-state index contributed by atoms with van der Waals surface area (Å²) in [6.45, 7) is 5.62. The van der Waals surface area contributed by atoms with Crippen LogP contribution in [0.3, 0.4) is 0 Å². The summed E-state index contributed by atoms with van der Waals surface area (Å²) in [5, 5.41) is 23.8. The topological polar surface area (TPSA) is 175 Å². The van der Waals surface area contributed by atoms with Crippen LogP contribution in [0.25, 0.3) is 0 Å². The largest absolute Gasteiger partial charge is 0.502 e. The first-order valence-electron chi connectivity index (χ1n) is 16.1. The second-order valence-corrected chi connectivity index (χ2v) is 11.8. The van der Waals surface area contributed by atoms with Gasteiger partial charge < -0.3 is 55.8 Å². The lowest BCUT2D eigenvalue weighted by molar-refractivity contribution is -0.141. The van der Waals surface area contributed by atoms with Crippen LogP contribution in [-0.4, -0.2) is 90.4 Å². The molecule has 252 valence electrons. The van der Waals surface area contributed by atoms with Gasteiger partial charge in [-0.3, -0.25) is 9.59 Å². The first kappa shape index (κ1) is 33.6. The van der Waals surface area contributed by atoms with Gasteiger partial charge in [0.2, 0.25) is 18.4 Å². The average molecular weight is 642 g/mol. The maximum Gasteiger partial charge on any atom is 0.310 e. The number of nitrogens with two attached hydrogens (primary N) is 1. The van der Waals surface area contributed by atoms with Gasteiger partial charge in [0.25, 0.3) is 0 Å². The van der Waals surface area contributed by atoms with Gasteiger partial charge in [-0.15, -0.1) is 0 Å². The van der Waals surface area contributed by atoms with Gasteiger partial charge in [-0.1, -0.05) is 0 Å². The summed E-state index contributed by atoms with van der Waals surface area (Å²) in [6.07, 6.45) is 4.13. The Bertz CT molecular complexity index is 1330. The quantitative estimate of drug-likeness (QED) is 0.102. The Balaban J connectivity index is 1.23. The van der Waals surface area contributed by atoms with Gasteiger partial charge in [0.1, 0.15) is 0 Å². The van der Waals surface area contributed by atoms with E-state index in [9.17, 15) is 14.7 Å². The van der Waals surface area contributed by atoms with Gasteiger partial charge in [0, 0.05) is 11.8 Å². The number of unbranched alkanes of at least 4 members (excludes halogenated alkanes) is 1. The lowest BCUT2D eigenvalue weighted by Crippen LogP contribution is -2.45. The van der Waals surface area contributed by atoms with E-state index >= 15 is 0 Å². The van der Waals surface area contributed by atoms with Crippen LogP contribution in [0, 0.1) is 11.8 Å². The molecule has 0 aromatic heterocycles. The van der Waals surface area contributed by atoms with Crippen molar-refractivity contribution in [3.63, 3.8) is 0 Å². The van der Waals surface area contributed by atoms with E-state index in [-0.39, 0.29) is 55.0 Å². The smallest absolute Gasteiger partial charge is 0.310 e. The number of phenols is 1. The highest BCUT2D eigenvalue weighted by Crippen LogP contribution is 2.55. The normalized spacial score (nSPS) is 21.0. The lowest BCUT2D eigenvalue weighted by Gasteiger charge is -2.39. The SMILES string of the molecule is COc1cc([C@@H]2c3cc4c(cc3[C@@H](NC(=O)CNCCCNCCCCNCCCN)C3COC(=O)C32)OCO4)cc(OC)c1O. The van der Waals surface area contributed by atoms with E-state index in [2.05, 4.69) is 21.3 Å². The molecule has 2 heterocycles. The number of hydrogen-bond donors (Lipinski definition) is 6. The molecule has 1 saturated heterocycles. The zero-order valence-electron chi connectivity index (χ0n) is 26.7. The molecule has 13 nitrogen and oxygen atoms in total. The molecule has 1 amide bonds. The molecule has 46 heavy (non-hydrogen) atoms. The number of methoxy groups -OCH3 is 2. The number of phenolic OH excluding ortho intramolecular Hbond substituents is 1. The number of amides is 1. The molecule has 1 aliphatic carbocycles. The predicted octanol–water partition coefficient (Wildman–Crippen LogP) is 1.52. The summed E-state index contributed by atoms with van der Waals surface area (Å²) in [5.74, 6) is -0.468. The third-order valence-electron chi connectivity index (χ3n) is 8.87. The van der Waals surface area contributed by atoms with Gasteiger partial charge >= 0.3 is 5.97 Å². The van der Waals surface area contributed by atoms with Crippen LogP contribution in [0.5, 0.6) is 28.7 Å². The standard InChI is InChI=1S/C33H47N5O8/c1-42-26-13-20(14-27(43-2)32(26)40)29-21-15-24-25(46-19-45-24)16-22(21)31(23-18-44-33(41)30(23)29)38-28(39)17-37-12-6-11-36-9-4-3-8-35-10-5-7-34/h13-16,23,29-31,35-37,40H,3-12,17-19,34H2,1-2H3,(H,38,39)/t23?,29-,30?,31-/m1/s1. The third kappa shape index (κ3) is 7.60. The predicted molar refractivity (Wildman–Crippen MR) is 171 cm³/mol. The zero-order valence-corrected chi connectivity index (χ0v) is 26.7. The first-order valence-corrected chi connectivity index (χ1v) is 16.1. The summed E-state index contributed by atoms with van der Waals surface area (Å²) < 4.78 is 27.9. The van der Waals surface area contributed by atoms with Gasteiger partial charge in [-0.05, 0) is 106 Å². The van der Waals surface area contributed by atoms with Crippen LogP contribution in [0.4, 0.5) is 0 Å². The van der Waals surface area contributed by atoms with Crippen molar-refractivity contribution in [3.8, 4) is 28.7 Å². The third-order valence-corrected chi connectivity index (χ3v) is 8.87. The molecule has 2 aliphatic heterocycles. The molecule has 1 fully saturated rings. The number of fused-ring (bicyclic) bond motifs is 3. The van der Waals surface area contributed by atoms with E-state index in [1.165, 1.54) is 14.2 Å². The Morgan fingerprint density at radius 2 is 1.48 bits per heavy atom. The second kappa shape index (κ2) is 16.2. The monoisotopic (exact) mass is 641 g/mol. The van der Waals surface area contributed by atoms with Crippen LogP contribution in [0.15, 0.2) is 24.3 Å². The van der Waals surface area contributed by atoms with Crippen molar-refractivity contribution in [2.45, 2.75) is 37.6 Å². The number of hydrogen-bond acceptors (Lipinski definition) is 12. The Labute approximate surface area is 269 Å². The van der Waals surface area contributed by atoms with Gasteiger partial charge in [0.15, 0.2) is 23.0 Å². The van der Waals surface area contributed by atoms with Crippen LogP contribution in [-0.2, 0) is 14.3 Å². The Hall–Kier alpha value is -3.78. The fourth-order valence-electron chi connectivity index (χ4n) is 6.58. The van der Waals surface area contributed by atoms with Crippen molar-refractivity contribution in [1.82, 2.24) is 21.3 Å². The summed E-state index contributed by atoms with van der Waals surface area (Å²) >= 11 is 0. The summed E-state index contributed by atoms with van der Waals surface area (Å²) in [7, 11) is 2.92. The number of ether oxygens (including phenoxy) is 5. The highest BCUT2D eigenvalue weighted by atomic mass is 16.7. The molecule has 5 rings (SSSR count). The molecule has 3 aliphatic rings. The summed E-state index contributed by atoms with van der Waals surface area (Å²) in [5.41, 5.74) is 7.84. The van der Waals surface area contributed by atoms with Crippen molar-refractivity contribution >= 4 is 11.9 Å². The molecule has 0 radical (unpaired) electrons. The van der Waals surface area contributed by atoms with Crippen LogP contribution in [0.2, 0.25) is 0 Å². The van der Waals surface area contributed by atoms with Crippen LogP contribution < -0.4 is 45.9 Å². The van der Waals surface area contributed by atoms with Crippen molar-refractivity contribution in [1.29, 1.82) is 0 Å². The van der Waals surface area contributed by atoms with Crippen LogP contribution >= 0.6 is 0 Å². The van der Waals surface area contributed by atoms with E-state index in [0.29, 0.717) is 23.6 Å². The number of aromatic hydroxyl groups is 1. The minimum atomic E-state index is -0.599. The number of cyclic esters (lactones) is 1. The Morgan fingerprint density at radius 3 is 2.13 bits per heavy atom. The molecule has 0 bridgehead atoms. The fraction of sp³-hybridized carbons (Fsp3) is 0.576. The zero-order chi connectivity index (χ0) is 32.5. The molecular formula is C33H47N5O8. The molecule has 2 aromatic carbocycles. The lowest BCUT2D eigenvalue weighted by atomic mass is 9.65. The summed E-state index contributed by atoms with van der Waals surface area (Å²) in [6, 6.07) is 6.69. The van der Waals surface area contributed by atoms with E-state index in [4.69, 9.17) is 29.4 Å². The van der Waals surface area contributed by atoms with Crippen molar-refractivity contribution in [2.75, 3.05) is 73.4 Å². The molecule has 0 spiro atoms. The van der Waals surface area contributed by atoms with Crippen molar-refractivity contribution in [2.24, 2.45) is 17.6 Å². The molecule has 2 unspecified atom stereocenters. The number of esters is 1. The van der Waals surface area contributed by atoms with Crippen molar-refractivity contribution in [3.05, 3.63) is 41.0 Å². The van der Waals surface area contributed by atoms with E-state index < -0.39 is 17.9 Å². The van der Waals surface area contributed by atoms with E-state index in [0.717, 1.165) is 69.5 Å². The van der Waals surface area contributed by atoms with Gasteiger partial charge in [-0.25, -0.2) is 0 Å². The van der Waals surface area contributed by atoms with E-state index in [1.807, 2.05) is 12.1 Å². The summed E-state index contributed by atoms with van der Waals surface area (Å²) in [4.78, 5) is 26.6. The molecule has 2 aromatic rings. The number of rotatable bonds is 18. The molecule has 0 saturated carbocycles. The second-order valence-electron chi connectivity index (χ2n) is 11.8. The van der Waals surface area contributed by atoms with Gasteiger partial charge in [-0.2, -0.15) is 0 Å². The fourth-order valence-corrected chi connectivity index (χ4v) is 6.58. The Morgan fingerprint density at radius 1 is 0.870 bits per heavy atom. The average Bonchev–Trinajstić information content (AvgIpc) is 3.68. The number of carbonyl (C=O) groups is 2. The highest BCUT2D eigenvalue weighted by molar-refractivity contribution is 5.81. The van der Waals surface area contributed by atoms with E-state index in [1.54, 1.807) is 12.1 Å². The maximum atomic E-state index is 13.3. The number of carbonyl (C=O) groups excluding carboxylic acids is 2. The molecule has 4 atom stereocenters. The van der Waals surface area contributed by atoms with Crippen molar-refractivity contribution < 1.29 is 38.4 Å². The first-order chi connectivity index (χ1) is 22.5. The Kier molecular flexibility index (Phi) is 11.8. The molecular weight excluding hydrogens is 594 g/mol. The van der Waals surface area contributed by atoms with Gasteiger partial charge in [0.05, 0.1) is 39.3 Å². The minimum absolute atomic E-state index is 0.0842. The maximum absolute atomic E-state index is 13.3. The van der Waals surface area contributed by atoms with Crippen LogP contribution in [0.1, 0.15) is 54.3 Å². The molecule has 13 heteroatoms. The number of benzene rings is 2. The molecule has 7 N–H and O–H groups in total. The minimum Gasteiger partial charge on any atom is -0.502 e. The highest BCUT2D eigenvalue weighted by Gasteiger charge is 2.53.